The average Bonchev–Trinajstić information content (AvgIpc) is 3.05. The van der Waals surface area contributed by atoms with Crippen LogP contribution < -0.4 is 9.46 Å². The van der Waals surface area contributed by atoms with Crippen molar-refractivity contribution in [1.82, 2.24) is 20.2 Å². The third kappa shape index (κ3) is 2.70. The predicted molar refractivity (Wildman–Crippen MR) is 67.2 cm³/mol. The summed E-state index contributed by atoms with van der Waals surface area (Å²) in [5.74, 6) is -0.993. The number of carbonyl (C=O) groups is 1. The summed E-state index contributed by atoms with van der Waals surface area (Å²) in [6.45, 7) is 0. The summed E-state index contributed by atoms with van der Waals surface area (Å²) in [6, 6.07) is -0.0276. The number of ether oxygens (including phenoxy) is 2. The lowest BCUT2D eigenvalue weighted by Crippen LogP contribution is -2.16. The smallest absolute Gasteiger partial charge is 0.358 e. The molecule has 0 spiro atoms. The van der Waals surface area contributed by atoms with Gasteiger partial charge < -0.3 is 9.47 Å². The third-order valence-corrected chi connectivity index (χ3v) is 4.74. The van der Waals surface area contributed by atoms with Crippen LogP contribution in [-0.2, 0) is 14.8 Å². The fourth-order valence-corrected chi connectivity index (χ4v) is 3.31. The van der Waals surface area contributed by atoms with Crippen molar-refractivity contribution in [2.24, 2.45) is 0 Å². The summed E-state index contributed by atoms with van der Waals surface area (Å²) in [6.07, 6.45) is 0. The van der Waals surface area contributed by atoms with Crippen molar-refractivity contribution in [3.05, 3.63) is 11.2 Å². The molecule has 2 aromatic heterocycles. The van der Waals surface area contributed by atoms with Crippen molar-refractivity contribution >= 4 is 33.3 Å². The van der Waals surface area contributed by atoms with E-state index in [9.17, 15) is 13.2 Å². The molecule has 0 aliphatic heterocycles. The van der Waals surface area contributed by atoms with Gasteiger partial charge in [-0.3, -0.25) is 0 Å². The summed E-state index contributed by atoms with van der Waals surface area (Å²) < 4.78 is 35.3. The van der Waals surface area contributed by atoms with Crippen LogP contribution in [0.25, 0.3) is 0 Å². The Morgan fingerprint density at radius 3 is 2.80 bits per heavy atom. The molecule has 0 saturated heterocycles. The molecule has 0 aliphatic carbocycles. The van der Waals surface area contributed by atoms with Crippen molar-refractivity contribution in [1.29, 1.82) is 0 Å². The largest absolute Gasteiger partial charge is 0.466 e. The Labute approximate surface area is 117 Å². The van der Waals surface area contributed by atoms with Gasteiger partial charge in [0.1, 0.15) is 0 Å². The van der Waals surface area contributed by atoms with Crippen molar-refractivity contribution in [3.8, 4) is 6.01 Å². The molecular formula is C8H9N5O5S2. The van der Waals surface area contributed by atoms with Crippen LogP contribution in [0, 0.1) is 0 Å². The highest BCUT2D eigenvalue weighted by molar-refractivity contribution is 7.94. The highest BCUT2D eigenvalue weighted by Crippen LogP contribution is 2.22. The molecule has 0 aliphatic rings. The first-order valence-electron chi connectivity index (χ1n) is 4.99. The quantitative estimate of drug-likeness (QED) is 0.726. The molecule has 0 atom stereocenters. The molecule has 0 fully saturated rings. The number of rotatable bonds is 5. The minimum Gasteiger partial charge on any atom is -0.466 e. The Hall–Kier alpha value is -2.21. The second-order valence-electron chi connectivity index (χ2n) is 3.26. The van der Waals surface area contributed by atoms with Crippen LogP contribution in [0.4, 0.5) is 5.95 Å². The van der Waals surface area contributed by atoms with Crippen LogP contribution in [0.3, 0.4) is 0 Å². The van der Waals surface area contributed by atoms with E-state index in [4.69, 9.17) is 4.74 Å². The lowest BCUT2D eigenvalue weighted by Gasteiger charge is -2.03. The zero-order chi connectivity index (χ0) is 14.8. The lowest BCUT2D eigenvalue weighted by molar-refractivity contribution is 0.0590. The summed E-state index contributed by atoms with van der Waals surface area (Å²) >= 11 is 0.776. The molecule has 108 valence electrons. The van der Waals surface area contributed by atoms with Gasteiger partial charge in [0.25, 0.3) is 10.0 Å². The number of nitrogens with zero attached hydrogens (tertiary/aromatic N) is 3. The minimum atomic E-state index is -4.03. The second kappa shape index (κ2) is 5.42. The monoisotopic (exact) mass is 319 g/mol. The van der Waals surface area contributed by atoms with E-state index in [0.717, 1.165) is 18.4 Å². The Morgan fingerprint density at radius 2 is 2.20 bits per heavy atom. The standard InChI is InChI=1S/C8H9N5O5S2/c1-17-5(14)4-6(19-3-9-4)20(15,16)13-7-10-8(18-2)12-11-7/h3H,1-2H3,(H2,10,11,12,13). The highest BCUT2D eigenvalue weighted by Gasteiger charge is 2.27. The molecular weight excluding hydrogens is 310 g/mol. The third-order valence-electron chi connectivity index (χ3n) is 2.04. The number of aromatic nitrogens is 4. The summed E-state index contributed by atoms with van der Waals surface area (Å²) in [7, 11) is -1.57. The van der Waals surface area contributed by atoms with Crippen LogP contribution >= 0.6 is 11.3 Å². The summed E-state index contributed by atoms with van der Waals surface area (Å²) in [5.41, 5.74) is 0.929. The van der Waals surface area contributed by atoms with Crippen molar-refractivity contribution in [2.45, 2.75) is 4.21 Å². The number of anilines is 1. The van der Waals surface area contributed by atoms with Crippen LogP contribution in [0.1, 0.15) is 10.5 Å². The number of esters is 1. The second-order valence-corrected chi connectivity index (χ2v) is 5.99. The Morgan fingerprint density at radius 1 is 1.45 bits per heavy atom. The van der Waals surface area contributed by atoms with Crippen molar-refractivity contribution < 1.29 is 22.7 Å². The maximum Gasteiger partial charge on any atom is 0.358 e. The Balaban J connectivity index is 2.31. The van der Waals surface area contributed by atoms with E-state index in [2.05, 4.69) is 29.6 Å². The molecule has 10 nitrogen and oxygen atoms in total. The minimum absolute atomic E-state index is 0.0276. The fourth-order valence-electron chi connectivity index (χ4n) is 1.22. The number of methoxy groups -OCH3 is 2. The predicted octanol–water partition coefficient (Wildman–Crippen LogP) is -0.143. The van der Waals surface area contributed by atoms with Crippen LogP contribution in [0.2, 0.25) is 0 Å². The van der Waals surface area contributed by atoms with E-state index < -0.39 is 16.0 Å². The molecule has 0 amide bonds. The Kier molecular flexibility index (Phi) is 3.85. The molecule has 12 heteroatoms. The number of sulfonamides is 1. The first-order valence-corrected chi connectivity index (χ1v) is 7.35. The van der Waals surface area contributed by atoms with Crippen LogP contribution in [0.15, 0.2) is 9.72 Å². The van der Waals surface area contributed by atoms with Gasteiger partial charge in [0, 0.05) is 0 Å². The molecule has 2 rings (SSSR count). The summed E-state index contributed by atoms with van der Waals surface area (Å²) in [5, 5.41) is 5.91. The number of hydrogen-bond donors (Lipinski definition) is 2. The fraction of sp³-hybridized carbons (Fsp3) is 0.250. The Bertz CT molecular complexity index is 721. The molecule has 2 aromatic rings. The SMILES string of the molecule is COC(=O)c1ncsc1S(=O)(=O)Nc1nc(OC)n[nH]1. The van der Waals surface area contributed by atoms with E-state index in [0.29, 0.717) is 0 Å². The van der Waals surface area contributed by atoms with E-state index in [1.807, 2.05) is 0 Å². The van der Waals surface area contributed by atoms with Gasteiger partial charge in [-0.15, -0.1) is 16.4 Å². The molecule has 0 radical (unpaired) electrons. The maximum atomic E-state index is 12.1. The molecule has 0 bridgehead atoms. The van der Waals surface area contributed by atoms with Gasteiger partial charge in [0.2, 0.25) is 5.95 Å². The topological polar surface area (TPSA) is 136 Å². The van der Waals surface area contributed by atoms with Gasteiger partial charge in [-0.05, 0) is 0 Å². The molecule has 2 heterocycles. The molecule has 0 unspecified atom stereocenters. The summed E-state index contributed by atoms with van der Waals surface area (Å²) in [4.78, 5) is 18.8. The number of thiazole rings is 1. The van der Waals surface area contributed by atoms with Crippen LogP contribution in [-0.4, -0.2) is 48.8 Å². The number of carbonyl (C=O) groups excluding carboxylic acids is 1. The first kappa shape index (κ1) is 14.2. The number of nitrogens with one attached hydrogen (secondary N) is 2. The average molecular weight is 319 g/mol. The van der Waals surface area contributed by atoms with Crippen LogP contribution in [0.5, 0.6) is 6.01 Å². The van der Waals surface area contributed by atoms with Gasteiger partial charge in [-0.1, -0.05) is 0 Å². The van der Waals surface area contributed by atoms with Gasteiger partial charge in [-0.25, -0.2) is 28.0 Å². The van der Waals surface area contributed by atoms with Crippen molar-refractivity contribution in [3.63, 3.8) is 0 Å². The zero-order valence-electron chi connectivity index (χ0n) is 10.3. The van der Waals surface area contributed by atoms with E-state index >= 15 is 0 Å². The maximum absolute atomic E-state index is 12.1. The van der Waals surface area contributed by atoms with E-state index in [1.54, 1.807) is 0 Å². The molecule has 20 heavy (non-hydrogen) atoms. The lowest BCUT2D eigenvalue weighted by atomic mass is 10.5. The molecule has 2 N–H and O–H groups in total. The first-order chi connectivity index (χ1) is 9.47. The highest BCUT2D eigenvalue weighted by atomic mass is 32.2. The van der Waals surface area contributed by atoms with Crippen molar-refractivity contribution in [2.75, 3.05) is 18.9 Å². The van der Waals surface area contributed by atoms with E-state index in [-0.39, 0.29) is 21.9 Å². The van der Waals surface area contributed by atoms with Gasteiger partial charge in [-0.2, -0.15) is 4.98 Å². The molecule has 0 saturated carbocycles. The van der Waals surface area contributed by atoms with Gasteiger partial charge >= 0.3 is 12.0 Å². The zero-order valence-corrected chi connectivity index (χ0v) is 11.9. The normalized spacial score (nSPS) is 11.1. The van der Waals surface area contributed by atoms with Gasteiger partial charge in [0.05, 0.1) is 19.7 Å². The van der Waals surface area contributed by atoms with Gasteiger partial charge in [0.15, 0.2) is 9.90 Å². The number of hydrogen-bond acceptors (Lipinski definition) is 9. The molecule has 0 aromatic carbocycles. The van der Waals surface area contributed by atoms with E-state index in [1.165, 1.54) is 12.6 Å². The number of H-pyrrole nitrogens is 1. The number of aromatic amines is 1.